The van der Waals surface area contributed by atoms with Crippen LogP contribution >= 0.6 is 11.6 Å². The van der Waals surface area contributed by atoms with Gasteiger partial charge in [-0.2, -0.15) is 0 Å². The maximum Gasteiger partial charge on any atom is 0.257 e. The van der Waals surface area contributed by atoms with Gasteiger partial charge in [-0.3, -0.25) is 10.1 Å². The van der Waals surface area contributed by atoms with Gasteiger partial charge in [-0.15, -0.1) is 0 Å². The van der Waals surface area contributed by atoms with E-state index in [2.05, 4.69) is 17.3 Å². The highest BCUT2D eigenvalue weighted by molar-refractivity contribution is 6.32. The van der Waals surface area contributed by atoms with E-state index in [1.807, 2.05) is 30.3 Å². The molecule has 0 spiro atoms. The van der Waals surface area contributed by atoms with Crippen molar-refractivity contribution >= 4 is 34.4 Å². The Balaban J connectivity index is 1.80. The van der Waals surface area contributed by atoms with Crippen molar-refractivity contribution in [1.29, 1.82) is 0 Å². The largest absolute Gasteiger partial charge is 0.440 e. The van der Waals surface area contributed by atoms with Gasteiger partial charge >= 0.3 is 0 Å². The van der Waals surface area contributed by atoms with Gasteiger partial charge in [0.25, 0.3) is 5.91 Å². The fraction of sp³-hybridized carbons (Fsp3) is 0.211. The number of carbonyl (C=O) groups excluding carboxylic acids is 1. The van der Waals surface area contributed by atoms with E-state index in [1.54, 1.807) is 12.1 Å². The molecule has 24 heavy (non-hydrogen) atoms. The summed E-state index contributed by atoms with van der Waals surface area (Å²) >= 11 is 6.39. The van der Waals surface area contributed by atoms with Crippen LogP contribution in [0.2, 0.25) is 5.02 Å². The zero-order valence-electron chi connectivity index (χ0n) is 13.3. The summed E-state index contributed by atoms with van der Waals surface area (Å²) in [5, 5.41) is 4.71. The zero-order chi connectivity index (χ0) is 16.7. The van der Waals surface area contributed by atoms with E-state index in [1.165, 1.54) is 0 Å². The van der Waals surface area contributed by atoms with Crippen LogP contribution in [-0.4, -0.2) is 24.4 Å². The summed E-state index contributed by atoms with van der Waals surface area (Å²) in [6.07, 6.45) is 0.866. The van der Waals surface area contributed by atoms with Gasteiger partial charge in [-0.05, 0) is 43.3 Å². The zero-order valence-corrected chi connectivity index (χ0v) is 14.1. The highest BCUT2D eigenvalue weighted by atomic mass is 35.5. The number of hydrogen-bond acceptors (Lipinski definition) is 3. The maximum absolute atomic E-state index is 12.5. The number of carbonyl (C=O) groups is 1. The molecule has 2 aromatic carbocycles. The van der Waals surface area contributed by atoms with Crippen molar-refractivity contribution in [1.82, 2.24) is 4.90 Å². The molecule has 1 amide bonds. The second kappa shape index (κ2) is 5.96. The van der Waals surface area contributed by atoms with E-state index >= 15 is 0 Å². The third-order valence-corrected chi connectivity index (χ3v) is 4.79. The van der Waals surface area contributed by atoms with E-state index in [0.29, 0.717) is 18.0 Å². The Hall–Kier alpha value is -2.30. The van der Waals surface area contributed by atoms with Crippen molar-refractivity contribution in [2.75, 3.05) is 18.9 Å². The molecule has 4 nitrogen and oxygen atoms in total. The lowest BCUT2D eigenvalue weighted by molar-refractivity contribution is 0.102. The number of benzene rings is 2. The number of rotatable bonds is 2. The summed E-state index contributed by atoms with van der Waals surface area (Å²) in [6.45, 7) is 1.63. The number of halogens is 1. The Kier molecular flexibility index (Phi) is 3.79. The van der Waals surface area contributed by atoms with Crippen molar-refractivity contribution in [3.63, 3.8) is 0 Å². The Morgan fingerprint density at radius 3 is 2.75 bits per heavy atom. The first kappa shape index (κ1) is 15.2. The van der Waals surface area contributed by atoms with Gasteiger partial charge in [0.15, 0.2) is 0 Å². The van der Waals surface area contributed by atoms with Gasteiger partial charge in [-0.25, -0.2) is 0 Å². The number of nitrogens with one attached hydrogen (secondary N) is 1. The highest BCUT2D eigenvalue weighted by Gasteiger charge is 2.24. The summed E-state index contributed by atoms with van der Waals surface area (Å²) in [4.78, 5) is 14.7. The SMILES string of the molecule is CN1CCc2c(Cl)ccc3oc(NC(=O)c4ccccc4)c(c23)C1. The fourth-order valence-corrected chi connectivity index (χ4v) is 3.47. The molecule has 0 aliphatic carbocycles. The predicted molar refractivity (Wildman–Crippen MR) is 95.7 cm³/mol. The van der Waals surface area contributed by atoms with Crippen molar-refractivity contribution in [3.05, 3.63) is 64.2 Å². The minimum absolute atomic E-state index is 0.176. The minimum atomic E-state index is -0.176. The van der Waals surface area contributed by atoms with Crippen LogP contribution in [0.3, 0.4) is 0 Å². The Morgan fingerprint density at radius 2 is 1.96 bits per heavy atom. The van der Waals surface area contributed by atoms with Gasteiger partial charge in [0.2, 0.25) is 5.88 Å². The predicted octanol–water partition coefficient (Wildman–Crippen LogP) is 4.33. The standard InChI is InChI=1S/C19H17ClN2O2/c1-22-10-9-13-15(20)7-8-16-17(13)14(11-22)19(24-16)21-18(23)12-5-3-2-4-6-12/h2-8H,9-11H2,1H3,(H,21,23). The topological polar surface area (TPSA) is 45.5 Å². The third kappa shape index (κ3) is 2.58. The third-order valence-electron chi connectivity index (χ3n) is 4.44. The molecule has 0 atom stereocenters. The second-order valence-electron chi connectivity index (χ2n) is 6.12. The lowest BCUT2D eigenvalue weighted by Crippen LogP contribution is -2.20. The van der Waals surface area contributed by atoms with Gasteiger partial charge in [0.05, 0.1) is 0 Å². The number of likely N-dealkylation sites (N-methyl/N-ethyl adjacent to an activating group) is 1. The van der Waals surface area contributed by atoms with Crippen LogP contribution in [0.5, 0.6) is 0 Å². The number of hydrogen-bond donors (Lipinski definition) is 1. The van der Waals surface area contributed by atoms with Crippen LogP contribution in [0.4, 0.5) is 5.88 Å². The van der Waals surface area contributed by atoms with Crippen molar-refractivity contribution in [3.8, 4) is 0 Å². The lowest BCUT2D eigenvalue weighted by atomic mass is 10.0. The van der Waals surface area contributed by atoms with E-state index < -0.39 is 0 Å². The Morgan fingerprint density at radius 1 is 1.17 bits per heavy atom. The molecule has 0 saturated carbocycles. The molecule has 3 aromatic rings. The molecule has 4 rings (SSSR count). The first-order valence-electron chi connectivity index (χ1n) is 7.91. The molecular weight excluding hydrogens is 324 g/mol. The first-order chi connectivity index (χ1) is 11.6. The molecule has 2 heterocycles. The lowest BCUT2D eigenvalue weighted by Gasteiger charge is -2.13. The number of furan rings is 1. The van der Waals surface area contributed by atoms with Crippen molar-refractivity contribution in [2.45, 2.75) is 13.0 Å². The normalized spacial score (nSPS) is 14.6. The minimum Gasteiger partial charge on any atom is -0.440 e. The smallest absolute Gasteiger partial charge is 0.257 e. The Labute approximate surface area is 145 Å². The summed E-state index contributed by atoms with van der Waals surface area (Å²) < 4.78 is 5.94. The first-order valence-corrected chi connectivity index (χ1v) is 8.29. The van der Waals surface area contributed by atoms with Crippen LogP contribution < -0.4 is 5.32 Å². The van der Waals surface area contributed by atoms with Gasteiger partial charge in [-0.1, -0.05) is 29.8 Å². The maximum atomic E-state index is 12.5. The molecule has 1 aliphatic rings. The quantitative estimate of drug-likeness (QED) is 0.755. The molecular formula is C19H17ClN2O2. The van der Waals surface area contributed by atoms with Crippen molar-refractivity contribution < 1.29 is 9.21 Å². The molecule has 0 saturated heterocycles. The monoisotopic (exact) mass is 340 g/mol. The van der Waals surface area contributed by atoms with Crippen LogP contribution in [0.15, 0.2) is 46.9 Å². The van der Waals surface area contributed by atoms with Crippen molar-refractivity contribution in [2.24, 2.45) is 0 Å². The van der Waals surface area contributed by atoms with Gasteiger partial charge in [0.1, 0.15) is 5.58 Å². The number of nitrogens with zero attached hydrogens (tertiary/aromatic N) is 1. The molecule has 1 N–H and O–H groups in total. The average Bonchev–Trinajstić information content (AvgIpc) is 2.81. The molecule has 5 heteroatoms. The van der Waals surface area contributed by atoms with E-state index in [4.69, 9.17) is 16.0 Å². The molecule has 0 fully saturated rings. The fourth-order valence-electron chi connectivity index (χ4n) is 3.21. The second-order valence-corrected chi connectivity index (χ2v) is 6.52. The summed E-state index contributed by atoms with van der Waals surface area (Å²) in [5.41, 5.74) is 3.46. The average molecular weight is 341 g/mol. The number of amides is 1. The van der Waals surface area contributed by atoms with E-state index in [9.17, 15) is 4.79 Å². The Bertz CT molecular complexity index is 918. The summed E-state index contributed by atoms with van der Waals surface area (Å²) in [7, 11) is 2.06. The van der Waals surface area contributed by atoms with E-state index in [-0.39, 0.29) is 5.91 Å². The van der Waals surface area contributed by atoms with E-state index in [0.717, 1.165) is 40.1 Å². The molecule has 1 aromatic heterocycles. The molecule has 122 valence electrons. The highest BCUT2D eigenvalue weighted by Crippen LogP contribution is 2.38. The molecule has 0 radical (unpaired) electrons. The van der Waals surface area contributed by atoms with Gasteiger partial charge < -0.3 is 9.32 Å². The molecule has 1 aliphatic heterocycles. The number of anilines is 1. The molecule has 0 unspecified atom stereocenters. The van der Waals surface area contributed by atoms with Crippen LogP contribution in [0.25, 0.3) is 11.0 Å². The van der Waals surface area contributed by atoms with Gasteiger partial charge in [0, 0.05) is 34.6 Å². The summed E-state index contributed by atoms with van der Waals surface area (Å²) in [5.74, 6) is 0.335. The van der Waals surface area contributed by atoms with Crippen LogP contribution in [0, 0.1) is 0 Å². The summed E-state index contributed by atoms with van der Waals surface area (Å²) in [6, 6.07) is 12.9. The van der Waals surface area contributed by atoms with Crippen LogP contribution in [0.1, 0.15) is 21.5 Å². The van der Waals surface area contributed by atoms with Crippen LogP contribution in [-0.2, 0) is 13.0 Å². The molecule has 0 bridgehead atoms.